The average Bonchev–Trinajstić information content (AvgIpc) is 2.76. The highest BCUT2D eigenvalue weighted by Gasteiger charge is 2.11. The average molecular weight is 267 g/mol. The number of rotatable bonds is 9. The summed E-state index contributed by atoms with van der Waals surface area (Å²) in [5, 5.41) is 3.50. The van der Waals surface area contributed by atoms with E-state index in [-0.39, 0.29) is 0 Å². The van der Waals surface area contributed by atoms with E-state index >= 15 is 0 Å². The largest absolute Gasteiger partial charge is 0.383 e. The molecular weight excluding hydrogens is 238 g/mol. The first-order valence-corrected chi connectivity index (χ1v) is 7.32. The molecular formula is C15H29N3O. The SMILES string of the molecule is COCC(C)n1ccnc1NC(C)CCCC(C)C. The van der Waals surface area contributed by atoms with Crippen molar-refractivity contribution in [3.63, 3.8) is 0 Å². The zero-order valence-electron chi connectivity index (χ0n) is 13.0. The summed E-state index contributed by atoms with van der Waals surface area (Å²) in [6.45, 7) is 9.61. The molecule has 4 heteroatoms. The van der Waals surface area contributed by atoms with Gasteiger partial charge in [-0.3, -0.25) is 0 Å². The van der Waals surface area contributed by atoms with Crippen molar-refractivity contribution in [2.75, 3.05) is 19.0 Å². The third kappa shape index (κ3) is 5.64. The van der Waals surface area contributed by atoms with E-state index in [0.29, 0.717) is 18.7 Å². The van der Waals surface area contributed by atoms with Crippen molar-refractivity contribution in [3.05, 3.63) is 12.4 Å². The van der Waals surface area contributed by atoms with Gasteiger partial charge in [0.15, 0.2) is 0 Å². The van der Waals surface area contributed by atoms with Crippen LogP contribution in [0.25, 0.3) is 0 Å². The molecule has 1 aromatic heterocycles. The Labute approximate surface area is 117 Å². The van der Waals surface area contributed by atoms with Gasteiger partial charge in [0.25, 0.3) is 0 Å². The Balaban J connectivity index is 2.45. The molecule has 0 amide bonds. The third-order valence-corrected chi connectivity index (χ3v) is 3.35. The Hall–Kier alpha value is -1.03. The second kappa shape index (κ2) is 8.20. The van der Waals surface area contributed by atoms with Gasteiger partial charge >= 0.3 is 0 Å². The van der Waals surface area contributed by atoms with E-state index in [0.717, 1.165) is 11.9 Å². The predicted molar refractivity (Wildman–Crippen MR) is 80.6 cm³/mol. The number of methoxy groups -OCH3 is 1. The molecule has 0 bridgehead atoms. The lowest BCUT2D eigenvalue weighted by Gasteiger charge is -2.19. The minimum Gasteiger partial charge on any atom is -0.383 e. The van der Waals surface area contributed by atoms with E-state index in [4.69, 9.17) is 4.74 Å². The molecule has 0 fully saturated rings. The van der Waals surface area contributed by atoms with E-state index in [9.17, 15) is 0 Å². The van der Waals surface area contributed by atoms with Crippen LogP contribution in [0.5, 0.6) is 0 Å². The molecule has 0 aliphatic carbocycles. The molecule has 2 unspecified atom stereocenters. The van der Waals surface area contributed by atoms with Crippen molar-refractivity contribution < 1.29 is 4.74 Å². The fourth-order valence-electron chi connectivity index (χ4n) is 2.23. The van der Waals surface area contributed by atoms with Crippen LogP contribution >= 0.6 is 0 Å². The van der Waals surface area contributed by atoms with Gasteiger partial charge in [-0.05, 0) is 26.2 Å². The molecule has 1 N–H and O–H groups in total. The first-order valence-electron chi connectivity index (χ1n) is 7.32. The minimum absolute atomic E-state index is 0.304. The highest BCUT2D eigenvalue weighted by molar-refractivity contribution is 5.28. The summed E-state index contributed by atoms with van der Waals surface area (Å²) in [4.78, 5) is 4.40. The number of aromatic nitrogens is 2. The summed E-state index contributed by atoms with van der Waals surface area (Å²) in [6.07, 6.45) is 7.59. The highest BCUT2D eigenvalue weighted by Crippen LogP contribution is 2.16. The number of anilines is 1. The van der Waals surface area contributed by atoms with Gasteiger partial charge in [0.2, 0.25) is 5.95 Å². The molecule has 0 aliphatic rings. The Bertz CT molecular complexity index is 349. The second-order valence-electron chi connectivity index (χ2n) is 5.83. The summed E-state index contributed by atoms with van der Waals surface area (Å²) >= 11 is 0. The fourth-order valence-corrected chi connectivity index (χ4v) is 2.23. The van der Waals surface area contributed by atoms with E-state index in [1.165, 1.54) is 19.3 Å². The minimum atomic E-state index is 0.304. The quantitative estimate of drug-likeness (QED) is 0.741. The maximum absolute atomic E-state index is 5.20. The Morgan fingerprint density at radius 2 is 2.00 bits per heavy atom. The van der Waals surface area contributed by atoms with E-state index in [1.807, 2.05) is 12.4 Å². The molecule has 1 heterocycles. The topological polar surface area (TPSA) is 39.1 Å². The highest BCUT2D eigenvalue weighted by atomic mass is 16.5. The van der Waals surface area contributed by atoms with Gasteiger partial charge in [0, 0.05) is 25.5 Å². The van der Waals surface area contributed by atoms with Crippen LogP contribution in [0.3, 0.4) is 0 Å². The molecule has 0 spiro atoms. The van der Waals surface area contributed by atoms with Crippen LogP contribution in [0.4, 0.5) is 5.95 Å². The van der Waals surface area contributed by atoms with Crippen LogP contribution in [0, 0.1) is 5.92 Å². The van der Waals surface area contributed by atoms with Crippen LogP contribution < -0.4 is 5.32 Å². The van der Waals surface area contributed by atoms with Crippen LogP contribution in [0.15, 0.2) is 12.4 Å². The van der Waals surface area contributed by atoms with Gasteiger partial charge in [-0.2, -0.15) is 0 Å². The molecule has 0 aliphatic heterocycles. The number of hydrogen-bond acceptors (Lipinski definition) is 3. The molecule has 2 atom stereocenters. The molecule has 0 saturated heterocycles. The summed E-state index contributed by atoms with van der Waals surface area (Å²) in [5.74, 6) is 1.73. The molecule has 1 rings (SSSR count). The zero-order valence-corrected chi connectivity index (χ0v) is 13.0. The lowest BCUT2D eigenvalue weighted by molar-refractivity contribution is 0.163. The lowest BCUT2D eigenvalue weighted by Crippen LogP contribution is -2.21. The van der Waals surface area contributed by atoms with Gasteiger partial charge in [-0.25, -0.2) is 4.98 Å². The normalized spacial score (nSPS) is 14.6. The molecule has 0 radical (unpaired) electrons. The summed E-state index contributed by atoms with van der Waals surface area (Å²) in [5.41, 5.74) is 0. The van der Waals surface area contributed by atoms with Crippen molar-refractivity contribution in [3.8, 4) is 0 Å². The van der Waals surface area contributed by atoms with Crippen molar-refractivity contribution in [2.24, 2.45) is 5.92 Å². The van der Waals surface area contributed by atoms with Gasteiger partial charge in [0.1, 0.15) is 0 Å². The number of ether oxygens (including phenoxy) is 1. The van der Waals surface area contributed by atoms with Gasteiger partial charge in [-0.1, -0.05) is 26.7 Å². The second-order valence-corrected chi connectivity index (χ2v) is 5.83. The number of nitrogens with zero attached hydrogens (tertiary/aromatic N) is 2. The van der Waals surface area contributed by atoms with Crippen molar-refractivity contribution in [2.45, 2.75) is 59.0 Å². The molecule has 110 valence electrons. The first-order chi connectivity index (χ1) is 9.04. The molecule has 0 aromatic carbocycles. The lowest BCUT2D eigenvalue weighted by atomic mass is 10.0. The van der Waals surface area contributed by atoms with Gasteiger partial charge in [-0.15, -0.1) is 0 Å². The monoisotopic (exact) mass is 267 g/mol. The van der Waals surface area contributed by atoms with Crippen molar-refractivity contribution >= 4 is 5.95 Å². The Morgan fingerprint density at radius 3 is 2.63 bits per heavy atom. The van der Waals surface area contributed by atoms with Crippen LogP contribution in [0.2, 0.25) is 0 Å². The van der Waals surface area contributed by atoms with Crippen LogP contribution in [-0.2, 0) is 4.74 Å². The van der Waals surface area contributed by atoms with Crippen molar-refractivity contribution in [1.29, 1.82) is 0 Å². The smallest absolute Gasteiger partial charge is 0.203 e. The first kappa shape index (κ1) is 16.0. The summed E-state index contributed by atoms with van der Waals surface area (Å²) in [7, 11) is 1.73. The van der Waals surface area contributed by atoms with E-state index in [1.54, 1.807) is 7.11 Å². The Morgan fingerprint density at radius 1 is 1.26 bits per heavy atom. The number of hydrogen-bond donors (Lipinski definition) is 1. The van der Waals surface area contributed by atoms with Crippen LogP contribution in [0.1, 0.15) is 53.0 Å². The van der Waals surface area contributed by atoms with Crippen LogP contribution in [-0.4, -0.2) is 29.3 Å². The number of imidazole rings is 1. The van der Waals surface area contributed by atoms with Gasteiger partial charge < -0.3 is 14.6 Å². The maximum Gasteiger partial charge on any atom is 0.203 e. The molecule has 0 saturated carbocycles. The third-order valence-electron chi connectivity index (χ3n) is 3.35. The zero-order chi connectivity index (χ0) is 14.3. The van der Waals surface area contributed by atoms with E-state index < -0.39 is 0 Å². The summed E-state index contributed by atoms with van der Waals surface area (Å²) in [6, 6.07) is 0.757. The standard InChI is InChI=1S/C15H29N3O/c1-12(2)7-6-8-13(3)17-15-16-9-10-18(15)14(4)11-19-5/h9-10,12-14H,6-8,11H2,1-5H3,(H,16,17). The van der Waals surface area contributed by atoms with E-state index in [2.05, 4.69) is 42.6 Å². The van der Waals surface area contributed by atoms with Crippen molar-refractivity contribution in [1.82, 2.24) is 9.55 Å². The molecule has 4 nitrogen and oxygen atoms in total. The molecule has 19 heavy (non-hydrogen) atoms. The summed E-state index contributed by atoms with van der Waals surface area (Å²) < 4.78 is 7.34. The predicted octanol–water partition coefficient (Wildman–Crippen LogP) is 3.72. The number of nitrogens with one attached hydrogen (secondary N) is 1. The molecule has 1 aromatic rings. The fraction of sp³-hybridized carbons (Fsp3) is 0.800. The van der Waals surface area contributed by atoms with Gasteiger partial charge in [0.05, 0.1) is 12.6 Å². The Kier molecular flexibility index (Phi) is 6.92. The maximum atomic E-state index is 5.20.